The predicted octanol–water partition coefficient (Wildman–Crippen LogP) is 3.79. The van der Waals surface area contributed by atoms with Crippen molar-refractivity contribution in [1.29, 1.82) is 0 Å². The molecule has 4 heteroatoms. The molecular formula is C15H28Cl2N2. The van der Waals surface area contributed by atoms with E-state index < -0.39 is 0 Å². The van der Waals surface area contributed by atoms with Crippen LogP contribution in [0.25, 0.3) is 0 Å². The van der Waals surface area contributed by atoms with Crippen LogP contribution >= 0.6 is 24.8 Å². The van der Waals surface area contributed by atoms with Crippen molar-refractivity contribution in [2.24, 2.45) is 11.5 Å². The Bertz CT molecular complexity index is 343. The van der Waals surface area contributed by atoms with Gasteiger partial charge in [0.05, 0.1) is 0 Å². The van der Waals surface area contributed by atoms with Crippen LogP contribution < -0.4 is 11.5 Å². The van der Waals surface area contributed by atoms with Gasteiger partial charge in [-0.2, -0.15) is 0 Å². The number of nitrogens with two attached hydrogens (primary N) is 2. The molecule has 0 aromatic heterocycles. The van der Waals surface area contributed by atoms with Crippen molar-refractivity contribution < 1.29 is 0 Å². The van der Waals surface area contributed by atoms with Crippen molar-refractivity contribution in [3.63, 3.8) is 0 Å². The molecule has 112 valence electrons. The zero-order valence-corrected chi connectivity index (χ0v) is 13.8. The Kier molecular flexibility index (Phi) is 11.6. The van der Waals surface area contributed by atoms with E-state index in [1.165, 1.54) is 11.1 Å². The lowest BCUT2D eigenvalue weighted by atomic mass is 9.86. The minimum Gasteiger partial charge on any atom is -0.328 e. The third-order valence-electron chi connectivity index (χ3n) is 3.28. The molecular weight excluding hydrogens is 279 g/mol. The number of hydrogen-bond acceptors (Lipinski definition) is 2. The van der Waals surface area contributed by atoms with Gasteiger partial charge >= 0.3 is 0 Å². The molecule has 3 unspecified atom stereocenters. The minimum atomic E-state index is 0. The molecule has 4 N–H and O–H groups in total. The summed E-state index contributed by atoms with van der Waals surface area (Å²) in [5.41, 5.74) is 14.7. The van der Waals surface area contributed by atoms with Gasteiger partial charge in [0, 0.05) is 12.1 Å². The smallest absolute Gasteiger partial charge is 0.00420 e. The average Bonchev–Trinajstić information content (AvgIpc) is 2.27. The van der Waals surface area contributed by atoms with Crippen LogP contribution in [0.1, 0.15) is 50.2 Å². The van der Waals surface area contributed by atoms with Crippen LogP contribution in [0.15, 0.2) is 24.3 Å². The Hall–Kier alpha value is -0.280. The highest BCUT2D eigenvalue weighted by molar-refractivity contribution is 5.85. The lowest BCUT2D eigenvalue weighted by Gasteiger charge is -2.22. The van der Waals surface area contributed by atoms with Gasteiger partial charge < -0.3 is 11.5 Å². The van der Waals surface area contributed by atoms with Crippen LogP contribution in [-0.2, 0) is 0 Å². The average molecular weight is 307 g/mol. The van der Waals surface area contributed by atoms with E-state index in [1.54, 1.807) is 0 Å². The molecule has 0 aliphatic carbocycles. The van der Waals surface area contributed by atoms with Crippen molar-refractivity contribution in [1.82, 2.24) is 0 Å². The summed E-state index contributed by atoms with van der Waals surface area (Å²) in [6.45, 7) is 6.34. The van der Waals surface area contributed by atoms with E-state index >= 15 is 0 Å². The molecule has 0 radical (unpaired) electrons. The van der Waals surface area contributed by atoms with E-state index in [2.05, 4.69) is 45.0 Å². The van der Waals surface area contributed by atoms with E-state index in [0.717, 1.165) is 19.3 Å². The lowest BCUT2D eigenvalue weighted by molar-refractivity contribution is 0.464. The van der Waals surface area contributed by atoms with E-state index in [1.807, 2.05) is 0 Å². The number of rotatable bonds is 6. The fraction of sp³-hybridized carbons (Fsp3) is 0.600. The zero-order valence-electron chi connectivity index (χ0n) is 12.1. The highest BCUT2D eigenvalue weighted by atomic mass is 35.5. The van der Waals surface area contributed by atoms with Gasteiger partial charge in [-0.3, -0.25) is 0 Å². The Morgan fingerprint density at radius 1 is 1.11 bits per heavy atom. The molecule has 0 aliphatic heterocycles. The minimum absolute atomic E-state index is 0. The molecule has 2 nitrogen and oxygen atoms in total. The molecule has 0 saturated carbocycles. The molecule has 0 aliphatic rings. The van der Waals surface area contributed by atoms with Crippen molar-refractivity contribution >= 4 is 24.8 Å². The van der Waals surface area contributed by atoms with Gasteiger partial charge in [0.25, 0.3) is 0 Å². The molecule has 0 fully saturated rings. The summed E-state index contributed by atoms with van der Waals surface area (Å²) in [5.74, 6) is 0.491. The van der Waals surface area contributed by atoms with Crippen LogP contribution in [0.3, 0.4) is 0 Å². The molecule has 0 saturated heterocycles. The summed E-state index contributed by atoms with van der Waals surface area (Å²) in [6, 6.07) is 9.21. The third kappa shape index (κ3) is 7.78. The van der Waals surface area contributed by atoms with Gasteiger partial charge in [-0.25, -0.2) is 0 Å². The monoisotopic (exact) mass is 306 g/mol. The second-order valence-electron chi connectivity index (χ2n) is 5.23. The standard InChI is InChI=1S/C15H26N2.2ClH/c1-4-15(17)10-14(9-12(3)16)13-7-5-6-11(2)8-13;;/h5-8,12,14-15H,4,9-10,16-17H2,1-3H3;2*1H. The first-order chi connectivity index (χ1) is 8.02. The number of hydrogen-bond donors (Lipinski definition) is 2. The van der Waals surface area contributed by atoms with E-state index in [-0.39, 0.29) is 36.9 Å². The predicted molar refractivity (Wildman–Crippen MR) is 89.6 cm³/mol. The maximum Gasteiger partial charge on any atom is 0.00420 e. The van der Waals surface area contributed by atoms with Crippen LogP contribution in [0, 0.1) is 6.92 Å². The normalized spacial score (nSPS) is 14.8. The summed E-state index contributed by atoms with van der Waals surface area (Å²) in [4.78, 5) is 0. The largest absolute Gasteiger partial charge is 0.328 e. The Balaban J connectivity index is 0. The van der Waals surface area contributed by atoms with Gasteiger partial charge in [0.1, 0.15) is 0 Å². The molecule has 3 atom stereocenters. The number of benzene rings is 1. The highest BCUT2D eigenvalue weighted by Gasteiger charge is 2.16. The summed E-state index contributed by atoms with van der Waals surface area (Å²) in [6.07, 6.45) is 3.07. The molecule has 0 amide bonds. The van der Waals surface area contributed by atoms with Crippen molar-refractivity contribution in [3.8, 4) is 0 Å². The van der Waals surface area contributed by atoms with Gasteiger partial charge in [0.15, 0.2) is 0 Å². The second kappa shape index (κ2) is 10.5. The quantitative estimate of drug-likeness (QED) is 0.840. The maximum atomic E-state index is 6.08. The Morgan fingerprint density at radius 3 is 2.21 bits per heavy atom. The first-order valence-electron chi connectivity index (χ1n) is 6.60. The molecule has 1 rings (SSSR count). The SMILES string of the molecule is CCC(N)CC(CC(C)N)c1cccc(C)c1.Cl.Cl. The molecule has 19 heavy (non-hydrogen) atoms. The van der Waals surface area contributed by atoms with E-state index in [4.69, 9.17) is 11.5 Å². The van der Waals surface area contributed by atoms with E-state index in [9.17, 15) is 0 Å². The second-order valence-corrected chi connectivity index (χ2v) is 5.23. The zero-order chi connectivity index (χ0) is 12.8. The molecule has 0 bridgehead atoms. The van der Waals surface area contributed by atoms with Crippen LogP contribution in [0.2, 0.25) is 0 Å². The van der Waals surface area contributed by atoms with Gasteiger partial charge in [-0.05, 0) is 44.6 Å². The molecule has 1 aromatic rings. The number of aryl methyl sites for hydroxylation is 1. The van der Waals surface area contributed by atoms with Crippen molar-refractivity contribution in [2.45, 2.75) is 58.0 Å². The van der Waals surface area contributed by atoms with Crippen LogP contribution in [0.5, 0.6) is 0 Å². The molecule has 0 heterocycles. The van der Waals surface area contributed by atoms with Crippen molar-refractivity contribution in [3.05, 3.63) is 35.4 Å². The molecule has 0 spiro atoms. The Morgan fingerprint density at radius 2 is 1.74 bits per heavy atom. The maximum absolute atomic E-state index is 6.08. The van der Waals surface area contributed by atoms with Crippen molar-refractivity contribution in [2.75, 3.05) is 0 Å². The summed E-state index contributed by atoms with van der Waals surface area (Å²) >= 11 is 0. The fourth-order valence-electron chi connectivity index (χ4n) is 2.27. The summed E-state index contributed by atoms with van der Waals surface area (Å²) in [5, 5.41) is 0. The summed E-state index contributed by atoms with van der Waals surface area (Å²) in [7, 11) is 0. The van der Waals surface area contributed by atoms with Crippen LogP contribution in [0.4, 0.5) is 0 Å². The lowest BCUT2D eigenvalue weighted by Crippen LogP contribution is -2.25. The Labute approximate surface area is 130 Å². The first kappa shape index (κ1) is 21.0. The van der Waals surface area contributed by atoms with Gasteiger partial charge in [-0.15, -0.1) is 24.8 Å². The van der Waals surface area contributed by atoms with Gasteiger partial charge in [0.2, 0.25) is 0 Å². The first-order valence-corrected chi connectivity index (χ1v) is 6.60. The van der Waals surface area contributed by atoms with E-state index in [0.29, 0.717) is 5.92 Å². The number of halogens is 2. The fourth-order valence-corrected chi connectivity index (χ4v) is 2.27. The third-order valence-corrected chi connectivity index (χ3v) is 3.28. The van der Waals surface area contributed by atoms with Gasteiger partial charge in [-0.1, -0.05) is 36.8 Å². The highest BCUT2D eigenvalue weighted by Crippen LogP contribution is 2.26. The molecule has 1 aromatic carbocycles. The van der Waals surface area contributed by atoms with Crippen LogP contribution in [-0.4, -0.2) is 12.1 Å². The summed E-state index contributed by atoms with van der Waals surface area (Å²) < 4.78 is 0. The topological polar surface area (TPSA) is 52.0 Å².